The maximum atomic E-state index is 12.1. The zero-order valence-corrected chi connectivity index (χ0v) is 10.8. The molecule has 1 aliphatic rings. The number of esters is 1. The van der Waals surface area contributed by atoms with E-state index in [9.17, 15) is 24.5 Å². The molecule has 1 fully saturated rings. The Morgan fingerprint density at radius 2 is 2.14 bits per heavy atom. The molecule has 2 amide bonds. The van der Waals surface area contributed by atoms with Crippen LogP contribution in [0.5, 0.6) is 0 Å². The van der Waals surface area contributed by atoms with Crippen LogP contribution in [0, 0.1) is 10.1 Å². The highest BCUT2D eigenvalue weighted by atomic mass is 16.6. The second-order valence-electron chi connectivity index (χ2n) is 4.19. The predicted octanol–water partition coefficient (Wildman–Crippen LogP) is 0.805. The summed E-state index contributed by atoms with van der Waals surface area (Å²) in [5.74, 6) is -3.17. The predicted molar refractivity (Wildman–Crippen MR) is 68.2 cm³/mol. The molecule has 112 valence electrons. The Bertz CT molecular complexity index is 740. The molecule has 11 nitrogen and oxygen atoms in total. The summed E-state index contributed by atoms with van der Waals surface area (Å²) in [5.41, 5.74) is 5.12. The topological polar surface area (TPSA) is 164 Å². The fraction of sp³-hybridized carbons (Fsp3) is 0.182. The van der Waals surface area contributed by atoms with Crippen LogP contribution >= 0.6 is 0 Å². The minimum absolute atomic E-state index is 0.438. The summed E-state index contributed by atoms with van der Waals surface area (Å²) in [6, 6.07) is 4.86. The molecule has 2 rings (SSSR count). The van der Waals surface area contributed by atoms with Crippen LogP contribution in [0.15, 0.2) is 29.4 Å². The first-order valence-corrected chi connectivity index (χ1v) is 5.77. The molecule has 1 N–H and O–H groups in total. The van der Waals surface area contributed by atoms with Gasteiger partial charge in [-0.2, -0.15) is 0 Å². The lowest BCUT2D eigenvalue weighted by Crippen LogP contribution is -2.40. The number of carbonyl (C=O) groups is 3. The van der Waals surface area contributed by atoms with Crippen molar-refractivity contribution >= 4 is 23.5 Å². The molecule has 1 aromatic carbocycles. The van der Waals surface area contributed by atoms with Crippen LogP contribution in [0.1, 0.15) is 16.8 Å². The summed E-state index contributed by atoms with van der Waals surface area (Å²) in [5, 5.41) is 15.8. The minimum atomic E-state index is -2.38. The standard InChI is InChI=1S/C11H7N5O6/c12-15-14-11(5-8(17)13-10(11)19)22-9(18)6-3-1-2-4-7(6)16(20)21/h1-4H,5H2,(H,13,17,19). The van der Waals surface area contributed by atoms with Gasteiger partial charge in [0.05, 0.1) is 11.3 Å². The number of hydrogen-bond donors (Lipinski definition) is 1. The van der Waals surface area contributed by atoms with Crippen LogP contribution in [0.25, 0.3) is 10.4 Å². The van der Waals surface area contributed by atoms with E-state index in [2.05, 4.69) is 10.0 Å². The summed E-state index contributed by atoms with van der Waals surface area (Å²) in [6.45, 7) is 0. The number of rotatable bonds is 4. The molecule has 1 aliphatic heterocycles. The minimum Gasteiger partial charge on any atom is -0.438 e. The second-order valence-corrected chi connectivity index (χ2v) is 4.19. The summed E-state index contributed by atoms with van der Waals surface area (Å²) < 4.78 is 4.80. The van der Waals surface area contributed by atoms with Gasteiger partial charge < -0.3 is 4.74 Å². The Hall–Kier alpha value is -3.46. The number of benzene rings is 1. The van der Waals surface area contributed by atoms with Gasteiger partial charge in [-0.3, -0.25) is 25.0 Å². The molecular formula is C11H7N5O6. The first kappa shape index (κ1) is 14.9. The van der Waals surface area contributed by atoms with Crippen molar-refractivity contribution in [2.75, 3.05) is 0 Å². The van der Waals surface area contributed by atoms with Crippen LogP contribution < -0.4 is 5.32 Å². The van der Waals surface area contributed by atoms with Gasteiger partial charge in [-0.25, -0.2) is 4.79 Å². The van der Waals surface area contributed by atoms with Crippen LogP contribution in [0.4, 0.5) is 5.69 Å². The van der Waals surface area contributed by atoms with Crippen molar-refractivity contribution in [1.29, 1.82) is 0 Å². The van der Waals surface area contributed by atoms with Crippen LogP contribution in [0.3, 0.4) is 0 Å². The number of ether oxygens (including phenoxy) is 1. The van der Waals surface area contributed by atoms with E-state index in [1.807, 2.05) is 5.32 Å². The third-order valence-electron chi connectivity index (χ3n) is 2.80. The van der Waals surface area contributed by atoms with E-state index >= 15 is 0 Å². The lowest BCUT2D eigenvalue weighted by molar-refractivity contribution is -0.385. The molecule has 1 saturated heterocycles. The van der Waals surface area contributed by atoms with Crippen LogP contribution in [-0.4, -0.2) is 28.4 Å². The molecule has 1 heterocycles. The molecule has 0 spiro atoms. The fourth-order valence-electron chi connectivity index (χ4n) is 1.84. The van der Waals surface area contributed by atoms with Gasteiger partial charge in [-0.15, -0.1) is 0 Å². The third-order valence-corrected chi connectivity index (χ3v) is 2.80. The monoisotopic (exact) mass is 305 g/mol. The van der Waals surface area contributed by atoms with Crippen molar-refractivity contribution < 1.29 is 24.0 Å². The molecule has 0 aromatic heterocycles. The molecule has 1 atom stereocenters. The summed E-state index contributed by atoms with van der Waals surface area (Å²) in [4.78, 5) is 47.4. The van der Waals surface area contributed by atoms with E-state index in [1.165, 1.54) is 12.1 Å². The Labute approximate surface area is 121 Å². The lowest BCUT2D eigenvalue weighted by Gasteiger charge is -2.19. The Morgan fingerprint density at radius 1 is 1.45 bits per heavy atom. The second kappa shape index (κ2) is 5.50. The smallest absolute Gasteiger partial charge is 0.346 e. The van der Waals surface area contributed by atoms with Gasteiger partial charge in [0.2, 0.25) is 5.91 Å². The van der Waals surface area contributed by atoms with Gasteiger partial charge in [0.1, 0.15) is 5.56 Å². The number of azide groups is 1. The molecular weight excluding hydrogens is 298 g/mol. The van der Waals surface area contributed by atoms with E-state index in [1.54, 1.807) is 0 Å². The first-order chi connectivity index (χ1) is 10.4. The van der Waals surface area contributed by atoms with Gasteiger partial charge in [-0.1, -0.05) is 12.1 Å². The summed E-state index contributed by atoms with van der Waals surface area (Å²) in [7, 11) is 0. The molecule has 0 bridgehead atoms. The largest absolute Gasteiger partial charge is 0.438 e. The van der Waals surface area contributed by atoms with Crippen molar-refractivity contribution in [3.8, 4) is 0 Å². The van der Waals surface area contributed by atoms with Gasteiger partial charge in [-0.05, 0) is 16.7 Å². The number of imide groups is 1. The van der Waals surface area contributed by atoms with Crippen LogP contribution in [-0.2, 0) is 14.3 Å². The quantitative estimate of drug-likeness (QED) is 0.164. The molecule has 22 heavy (non-hydrogen) atoms. The van der Waals surface area contributed by atoms with Gasteiger partial charge in [0.25, 0.3) is 17.3 Å². The van der Waals surface area contributed by atoms with Crippen molar-refractivity contribution in [3.05, 3.63) is 50.4 Å². The number of carbonyl (C=O) groups excluding carboxylic acids is 3. The zero-order valence-electron chi connectivity index (χ0n) is 10.8. The van der Waals surface area contributed by atoms with Crippen molar-refractivity contribution in [2.45, 2.75) is 12.1 Å². The first-order valence-electron chi connectivity index (χ1n) is 5.77. The highest BCUT2D eigenvalue weighted by Crippen LogP contribution is 2.27. The van der Waals surface area contributed by atoms with E-state index in [4.69, 9.17) is 10.3 Å². The third kappa shape index (κ3) is 2.55. The zero-order chi connectivity index (χ0) is 16.3. The Kier molecular flexibility index (Phi) is 3.73. The number of nitrogens with one attached hydrogen (secondary N) is 1. The average Bonchev–Trinajstić information content (AvgIpc) is 2.73. The molecule has 1 unspecified atom stereocenters. The van der Waals surface area contributed by atoms with Crippen LogP contribution in [0.2, 0.25) is 0 Å². The maximum Gasteiger partial charge on any atom is 0.346 e. The number of amides is 2. The fourth-order valence-corrected chi connectivity index (χ4v) is 1.84. The number of para-hydroxylation sites is 1. The lowest BCUT2D eigenvalue weighted by atomic mass is 10.1. The molecule has 0 radical (unpaired) electrons. The van der Waals surface area contributed by atoms with E-state index < -0.39 is 46.1 Å². The SMILES string of the molecule is [N-]=[N+]=NC1(OC(=O)c2ccccc2[N+](=O)[O-])CC(=O)NC1=O. The van der Waals surface area contributed by atoms with Crippen molar-refractivity contribution in [3.63, 3.8) is 0 Å². The highest BCUT2D eigenvalue weighted by molar-refractivity contribution is 6.09. The van der Waals surface area contributed by atoms with E-state index in [0.717, 1.165) is 12.1 Å². The number of nitro groups is 1. The molecule has 0 saturated carbocycles. The van der Waals surface area contributed by atoms with E-state index in [-0.39, 0.29) is 0 Å². The summed E-state index contributed by atoms with van der Waals surface area (Å²) >= 11 is 0. The highest BCUT2D eigenvalue weighted by Gasteiger charge is 2.50. The average molecular weight is 305 g/mol. The molecule has 0 aliphatic carbocycles. The summed E-state index contributed by atoms with van der Waals surface area (Å²) in [6.07, 6.45) is -0.692. The van der Waals surface area contributed by atoms with E-state index in [0.29, 0.717) is 0 Å². The van der Waals surface area contributed by atoms with Crippen molar-refractivity contribution in [1.82, 2.24) is 5.32 Å². The van der Waals surface area contributed by atoms with Gasteiger partial charge >= 0.3 is 5.97 Å². The molecule has 1 aromatic rings. The van der Waals surface area contributed by atoms with Crippen molar-refractivity contribution in [2.24, 2.45) is 5.11 Å². The number of hydrogen-bond acceptors (Lipinski definition) is 7. The maximum absolute atomic E-state index is 12.1. The number of nitro benzene ring substituents is 1. The number of nitrogens with zero attached hydrogens (tertiary/aromatic N) is 4. The molecule has 11 heteroatoms. The van der Waals surface area contributed by atoms with Gasteiger partial charge in [0, 0.05) is 11.0 Å². The van der Waals surface area contributed by atoms with Gasteiger partial charge in [0.15, 0.2) is 0 Å². The normalized spacial score (nSPS) is 20.0. The Balaban J connectivity index is 2.39. The Morgan fingerprint density at radius 3 is 2.68 bits per heavy atom.